The fraction of sp³-hybridized carbons (Fsp3) is 0.625. The van der Waals surface area contributed by atoms with Crippen LogP contribution in [-0.2, 0) is 17.9 Å². The Morgan fingerprint density at radius 2 is 1.53 bits per heavy atom. The van der Waals surface area contributed by atoms with Crippen LogP contribution < -0.4 is 0 Å². The van der Waals surface area contributed by atoms with Crippen LogP contribution in [0.3, 0.4) is 0 Å². The summed E-state index contributed by atoms with van der Waals surface area (Å²) in [5.41, 5.74) is 2.21. The molecule has 0 atom stereocenters. The van der Waals surface area contributed by atoms with Crippen LogP contribution in [0.5, 0.6) is 5.75 Å². The van der Waals surface area contributed by atoms with Gasteiger partial charge < -0.3 is 0 Å². The minimum atomic E-state index is 0.245. The summed E-state index contributed by atoms with van der Waals surface area (Å²) in [5.74, 6) is 0.245. The highest BCUT2D eigenvalue weighted by Gasteiger charge is 2.04. The van der Waals surface area contributed by atoms with Crippen LogP contribution in [0.4, 0.5) is 0 Å². The maximum atomic E-state index is 11.9. The van der Waals surface area contributed by atoms with Gasteiger partial charge in [0, 0.05) is 0 Å². The van der Waals surface area contributed by atoms with Crippen LogP contribution in [-0.4, -0.2) is 0 Å². The van der Waals surface area contributed by atoms with E-state index in [9.17, 15) is 5.11 Å². The highest BCUT2D eigenvalue weighted by atomic mass is 16.3. The molecule has 0 aliphatic rings. The zero-order valence-corrected chi connectivity index (χ0v) is 11.3. The van der Waals surface area contributed by atoms with Gasteiger partial charge in [-0.3, -0.25) is 5.11 Å². The predicted molar refractivity (Wildman–Crippen MR) is 73.0 cm³/mol. The third-order valence-corrected chi connectivity index (χ3v) is 3.25. The lowest BCUT2D eigenvalue weighted by atomic mass is 10.0. The van der Waals surface area contributed by atoms with E-state index in [0.29, 0.717) is 0 Å². The second-order valence-electron chi connectivity index (χ2n) is 4.86. The lowest BCUT2D eigenvalue weighted by Crippen LogP contribution is -1.90. The van der Waals surface area contributed by atoms with E-state index in [0.717, 1.165) is 24.8 Å². The largest absolute Gasteiger partial charge is 0.290 e. The van der Waals surface area contributed by atoms with E-state index < -0.39 is 0 Å². The molecule has 0 saturated heterocycles. The summed E-state index contributed by atoms with van der Waals surface area (Å²) in [7, 11) is 0. The van der Waals surface area contributed by atoms with Crippen molar-refractivity contribution in [3.05, 3.63) is 29.3 Å². The lowest BCUT2D eigenvalue weighted by molar-refractivity contribution is 0.349. The van der Waals surface area contributed by atoms with E-state index >= 15 is 0 Å². The van der Waals surface area contributed by atoms with E-state index in [1.54, 1.807) is 0 Å². The molecule has 0 unspecified atom stereocenters. The first-order valence-corrected chi connectivity index (χ1v) is 7.06. The van der Waals surface area contributed by atoms with Gasteiger partial charge in [-0.05, 0) is 42.9 Å². The van der Waals surface area contributed by atoms with Gasteiger partial charge in [-0.15, -0.1) is 0 Å². The lowest BCUT2D eigenvalue weighted by Gasteiger charge is -2.05. The number of hydrogen-bond acceptors (Lipinski definition) is 0. The maximum Gasteiger partial charge on any atom is 0.182 e. The second-order valence-corrected chi connectivity index (χ2v) is 4.86. The smallest absolute Gasteiger partial charge is 0.182 e. The molecule has 1 nitrogen and oxygen atoms in total. The molecule has 0 heterocycles. The summed E-state index contributed by atoms with van der Waals surface area (Å²) in [6, 6.07) is 6.02. The number of hydrogen-bond donors (Lipinski definition) is 0. The average Bonchev–Trinajstić information content (AvgIpc) is 2.32. The van der Waals surface area contributed by atoms with Crippen LogP contribution in [0, 0.1) is 0 Å². The Bertz CT molecular complexity index is 317. The Hall–Kier alpha value is -0.980. The third-order valence-electron chi connectivity index (χ3n) is 3.25. The number of unbranched alkanes of at least 4 members (excludes halogenated alkanes) is 4. The van der Waals surface area contributed by atoms with Crippen molar-refractivity contribution in [1.29, 1.82) is 0 Å². The summed E-state index contributed by atoms with van der Waals surface area (Å²) < 4.78 is 0. The molecule has 0 N–H and O–H groups in total. The number of benzene rings is 1. The molecule has 1 heteroatoms. The highest BCUT2D eigenvalue weighted by molar-refractivity contribution is 5.36. The molecule has 1 aromatic carbocycles. The molecule has 0 aliphatic heterocycles. The SMILES string of the molecule is CCCCCc1ccc(CCCCC)c([O])c1. The first kappa shape index (κ1) is 14.1. The zero-order chi connectivity index (χ0) is 12.5. The van der Waals surface area contributed by atoms with Crippen molar-refractivity contribution in [3.8, 4) is 5.75 Å². The Kier molecular flexibility index (Phi) is 6.76. The summed E-state index contributed by atoms with van der Waals surface area (Å²) in [6.07, 6.45) is 9.26. The Labute approximate surface area is 106 Å². The van der Waals surface area contributed by atoms with Gasteiger partial charge in [0.15, 0.2) is 5.75 Å². The van der Waals surface area contributed by atoms with Gasteiger partial charge in [0.1, 0.15) is 0 Å². The van der Waals surface area contributed by atoms with E-state index in [1.165, 1.54) is 37.7 Å². The van der Waals surface area contributed by atoms with Crippen molar-refractivity contribution < 1.29 is 5.11 Å². The van der Waals surface area contributed by atoms with E-state index in [2.05, 4.69) is 19.9 Å². The minimum Gasteiger partial charge on any atom is -0.290 e. The first-order valence-electron chi connectivity index (χ1n) is 7.06. The highest BCUT2D eigenvalue weighted by Crippen LogP contribution is 2.22. The second kappa shape index (κ2) is 8.16. The molecule has 0 bridgehead atoms. The molecule has 0 saturated carbocycles. The Balaban J connectivity index is 2.47. The van der Waals surface area contributed by atoms with Crippen molar-refractivity contribution in [3.63, 3.8) is 0 Å². The van der Waals surface area contributed by atoms with Crippen molar-refractivity contribution >= 4 is 0 Å². The van der Waals surface area contributed by atoms with E-state index in [4.69, 9.17) is 0 Å². The van der Waals surface area contributed by atoms with Gasteiger partial charge in [-0.1, -0.05) is 51.7 Å². The molecule has 0 aromatic heterocycles. The van der Waals surface area contributed by atoms with Crippen LogP contribution in [0.2, 0.25) is 0 Å². The van der Waals surface area contributed by atoms with Crippen LogP contribution in [0.25, 0.3) is 0 Å². The molecule has 0 amide bonds. The van der Waals surface area contributed by atoms with Gasteiger partial charge in [0.05, 0.1) is 0 Å². The van der Waals surface area contributed by atoms with Gasteiger partial charge in [-0.2, -0.15) is 0 Å². The van der Waals surface area contributed by atoms with Gasteiger partial charge >= 0.3 is 0 Å². The van der Waals surface area contributed by atoms with Gasteiger partial charge in [0.2, 0.25) is 0 Å². The van der Waals surface area contributed by atoms with E-state index in [-0.39, 0.29) is 5.75 Å². The third kappa shape index (κ3) is 5.25. The molecule has 95 valence electrons. The summed E-state index contributed by atoms with van der Waals surface area (Å²) in [4.78, 5) is 0. The standard InChI is InChI=1S/C16H25O/c1-3-5-7-9-14-11-12-15(16(17)13-14)10-8-6-4-2/h11-13H,3-10H2,1-2H3. The fourth-order valence-corrected chi connectivity index (χ4v) is 2.11. The van der Waals surface area contributed by atoms with Crippen molar-refractivity contribution in [2.75, 3.05) is 0 Å². The number of rotatable bonds is 8. The molecule has 0 aliphatic carbocycles. The molecular weight excluding hydrogens is 208 g/mol. The first-order chi connectivity index (χ1) is 8.27. The molecule has 0 spiro atoms. The Morgan fingerprint density at radius 1 is 0.882 bits per heavy atom. The molecule has 1 rings (SSSR count). The number of aryl methyl sites for hydroxylation is 2. The van der Waals surface area contributed by atoms with Gasteiger partial charge in [0.25, 0.3) is 0 Å². The summed E-state index contributed by atoms with van der Waals surface area (Å²) in [5, 5.41) is 11.9. The maximum absolute atomic E-state index is 11.9. The van der Waals surface area contributed by atoms with Crippen molar-refractivity contribution in [2.45, 2.75) is 65.2 Å². The van der Waals surface area contributed by atoms with E-state index in [1.807, 2.05) is 12.1 Å². The average molecular weight is 233 g/mol. The van der Waals surface area contributed by atoms with Crippen molar-refractivity contribution in [2.24, 2.45) is 0 Å². The quantitative estimate of drug-likeness (QED) is 0.543. The molecule has 17 heavy (non-hydrogen) atoms. The van der Waals surface area contributed by atoms with Crippen LogP contribution in [0.1, 0.15) is 63.5 Å². The molecule has 0 fully saturated rings. The monoisotopic (exact) mass is 233 g/mol. The fourth-order valence-electron chi connectivity index (χ4n) is 2.11. The van der Waals surface area contributed by atoms with Gasteiger partial charge in [-0.25, -0.2) is 0 Å². The molecule has 1 radical (unpaired) electrons. The minimum absolute atomic E-state index is 0.245. The normalized spacial score (nSPS) is 10.7. The Morgan fingerprint density at radius 3 is 2.12 bits per heavy atom. The van der Waals surface area contributed by atoms with Crippen LogP contribution >= 0.6 is 0 Å². The predicted octanol–water partition coefficient (Wildman–Crippen LogP) is 5.30. The van der Waals surface area contributed by atoms with Crippen LogP contribution in [0.15, 0.2) is 18.2 Å². The zero-order valence-electron chi connectivity index (χ0n) is 11.3. The molecule has 1 aromatic rings. The summed E-state index contributed by atoms with van der Waals surface area (Å²) in [6.45, 7) is 4.39. The summed E-state index contributed by atoms with van der Waals surface area (Å²) >= 11 is 0. The topological polar surface area (TPSA) is 19.9 Å². The molecular formula is C16H25O. The van der Waals surface area contributed by atoms with Crippen molar-refractivity contribution in [1.82, 2.24) is 0 Å².